The van der Waals surface area contributed by atoms with Crippen molar-refractivity contribution in [3.63, 3.8) is 0 Å². The molecule has 118 valence electrons. The van der Waals surface area contributed by atoms with Crippen LogP contribution in [0.2, 0.25) is 0 Å². The van der Waals surface area contributed by atoms with Gasteiger partial charge in [0.05, 0.1) is 10.6 Å². The van der Waals surface area contributed by atoms with Gasteiger partial charge in [0, 0.05) is 0 Å². The third kappa shape index (κ3) is 3.50. The number of sulfonamides is 1. The summed E-state index contributed by atoms with van der Waals surface area (Å²) in [5.41, 5.74) is 3.37. The van der Waals surface area contributed by atoms with Crippen LogP contribution in [0.3, 0.4) is 0 Å². The van der Waals surface area contributed by atoms with E-state index >= 15 is 0 Å². The van der Waals surface area contributed by atoms with Crippen LogP contribution in [0.4, 0.5) is 5.69 Å². The second kappa shape index (κ2) is 6.53. The Labute approximate surface area is 133 Å². The van der Waals surface area contributed by atoms with Gasteiger partial charge < -0.3 is 0 Å². The molecule has 0 aliphatic rings. The molecule has 0 heterocycles. The molecule has 0 aliphatic carbocycles. The van der Waals surface area contributed by atoms with Gasteiger partial charge in [0.25, 0.3) is 10.0 Å². The third-order valence-electron chi connectivity index (χ3n) is 3.98. The maximum Gasteiger partial charge on any atom is 0.262 e. The van der Waals surface area contributed by atoms with Crippen LogP contribution in [0.15, 0.2) is 47.4 Å². The van der Waals surface area contributed by atoms with E-state index < -0.39 is 10.0 Å². The van der Waals surface area contributed by atoms with E-state index in [0.29, 0.717) is 16.5 Å². The Bertz CT molecular complexity index is 766. The zero-order chi connectivity index (χ0) is 16.3. The summed E-state index contributed by atoms with van der Waals surface area (Å²) in [5.74, 6) is 0.303. The number of hydrogen-bond acceptors (Lipinski definition) is 2. The average Bonchev–Trinajstić information content (AvgIpc) is 2.49. The zero-order valence-corrected chi connectivity index (χ0v) is 14.4. The molecule has 0 fully saturated rings. The van der Waals surface area contributed by atoms with Gasteiger partial charge in [0.15, 0.2) is 0 Å². The molecule has 0 saturated heterocycles. The maximum absolute atomic E-state index is 12.7. The van der Waals surface area contributed by atoms with Gasteiger partial charge in [-0.25, -0.2) is 8.42 Å². The fraction of sp³-hybridized carbons (Fsp3) is 0.333. The fourth-order valence-corrected chi connectivity index (χ4v) is 3.85. The monoisotopic (exact) mass is 317 g/mol. The van der Waals surface area contributed by atoms with Gasteiger partial charge in [-0.15, -0.1) is 0 Å². The van der Waals surface area contributed by atoms with Gasteiger partial charge in [-0.3, -0.25) is 4.72 Å². The Morgan fingerprint density at radius 1 is 1.09 bits per heavy atom. The number of para-hydroxylation sites is 1. The summed E-state index contributed by atoms with van der Waals surface area (Å²) in [6, 6.07) is 13.1. The molecule has 22 heavy (non-hydrogen) atoms. The molecule has 0 saturated carbocycles. The second-order valence-electron chi connectivity index (χ2n) is 5.77. The molecule has 3 nitrogen and oxygen atoms in total. The number of anilines is 1. The number of rotatable bonds is 5. The molecule has 1 unspecified atom stereocenters. The van der Waals surface area contributed by atoms with Gasteiger partial charge in [0.2, 0.25) is 0 Å². The number of nitrogens with one attached hydrogen (secondary N) is 1. The predicted octanol–water partition coefficient (Wildman–Crippen LogP) is 4.62. The molecule has 0 spiro atoms. The third-order valence-corrected chi connectivity index (χ3v) is 5.49. The number of hydrogen-bond donors (Lipinski definition) is 1. The van der Waals surface area contributed by atoms with Gasteiger partial charge in [-0.1, -0.05) is 44.2 Å². The first kappa shape index (κ1) is 16.6. The SMILES string of the molecule is CCC(C)c1ccccc1NS(=O)(=O)c1cc(C)ccc1C. The van der Waals surface area contributed by atoms with Crippen molar-refractivity contribution in [2.45, 2.75) is 44.9 Å². The highest BCUT2D eigenvalue weighted by Crippen LogP contribution is 2.29. The van der Waals surface area contributed by atoms with Crippen molar-refractivity contribution in [2.75, 3.05) is 4.72 Å². The lowest BCUT2D eigenvalue weighted by Gasteiger charge is -2.17. The van der Waals surface area contributed by atoms with Crippen LogP contribution in [0.1, 0.15) is 42.9 Å². The minimum absolute atomic E-state index is 0.303. The van der Waals surface area contributed by atoms with Gasteiger partial charge >= 0.3 is 0 Å². The quantitative estimate of drug-likeness (QED) is 0.874. The van der Waals surface area contributed by atoms with E-state index in [1.54, 1.807) is 6.07 Å². The van der Waals surface area contributed by atoms with Crippen LogP contribution in [-0.2, 0) is 10.0 Å². The minimum atomic E-state index is -3.58. The normalized spacial score (nSPS) is 12.9. The summed E-state index contributed by atoms with van der Waals surface area (Å²) in [6.07, 6.45) is 0.961. The Morgan fingerprint density at radius 2 is 1.77 bits per heavy atom. The Hall–Kier alpha value is -1.81. The summed E-state index contributed by atoms with van der Waals surface area (Å²) in [7, 11) is -3.58. The topological polar surface area (TPSA) is 46.2 Å². The Balaban J connectivity index is 2.44. The van der Waals surface area contributed by atoms with E-state index in [2.05, 4.69) is 18.6 Å². The molecule has 2 rings (SSSR count). The van der Waals surface area contributed by atoms with Crippen molar-refractivity contribution < 1.29 is 8.42 Å². The zero-order valence-electron chi connectivity index (χ0n) is 13.6. The summed E-state index contributed by atoms with van der Waals surface area (Å²) in [6.45, 7) is 7.91. The minimum Gasteiger partial charge on any atom is -0.279 e. The fourth-order valence-electron chi connectivity index (χ4n) is 2.44. The summed E-state index contributed by atoms with van der Waals surface area (Å²) in [4.78, 5) is 0.339. The van der Waals surface area contributed by atoms with E-state index in [9.17, 15) is 8.42 Å². The standard InChI is InChI=1S/C18H23NO2S/c1-5-14(3)16-8-6-7-9-17(16)19-22(20,21)18-12-13(2)10-11-15(18)4/h6-12,14,19H,5H2,1-4H3. The smallest absolute Gasteiger partial charge is 0.262 e. The van der Waals surface area contributed by atoms with E-state index in [1.807, 2.05) is 50.2 Å². The second-order valence-corrected chi connectivity index (χ2v) is 7.42. The molecule has 0 aromatic heterocycles. The van der Waals surface area contributed by atoms with Crippen molar-refractivity contribution in [1.29, 1.82) is 0 Å². The molecule has 1 N–H and O–H groups in total. The lowest BCUT2D eigenvalue weighted by Crippen LogP contribution is -2.16. The van der Waals surface area contributed by atoms with E-state index in [1.165, 1.54) is 0 Å². The average molecular weight is 317 g/mol. The van der Waals surface area contributed by atoms with E-state index in [0.717, 1.165) is 23.1 Å². The van der Waals surface area contributed by atoms with Crippen molar-refractivity contribution in [3.05, 3.63) is 59.2 Å². The first-order valence-electron chi connectivity index (χ1n) is 7.54. The molecule has 0 radical (unpaired) electrons. The van der Waals surface area contributed by atoms with Crippen molar-refractivity contribution in [1.82, 2.24) is 0 Å². The molecule has 1 atom stereocenters. The van der Waals surface area contributed by atoms with Crippen molar-refractivity contribution in [3.8, 4) is 0 Å². The Kier molecular flexibility index (Phi) is 4.91. The molecule has 2 aromatic carbocycles. The highest BCUT2D eigenvalue weighted by atomic mass is 32.2. The predicted molar refractivity (Wildman–Crippen MR) is 91.9 cm³/mol. The van der Waals surface area contributed by atoms with E-state index in [-0.39, 0.29) is 0 Å². The first-order valence-corrected chi connectivity index (χ1v) is 9.02. The van der Waals surface area contributed by atoms with Gasteiger partial charge in [0.1, 0.15) is 0 Å². The first-order chi connectivity index (χ1) is 10.3. The van der Waals surface area contributed by atoms with Crippen LogP contribution in [0.5, 0.6) is 0 Å². The summed E-state index contributed by atoms with van der Waals surface area (Å²) < 4.78 is 28.2. The number of aryl methyl sites for hydroxylation is 2. The maximum atomic E-state index is 12.7. The highest BCUT2D eigenvalue weighted by Gasteiger charge is 2.19. The lowest BCUT2D eigenvalue weighted by atomic mass is 9.97. The molecule has 4 heteroatoms. The van der Waals surface area contributed by atoms with Crippen LogP contribution in [0, 0.1) is 13.8 Å². The van der Waals surface area contributed by atoms with Gasteiger partial charge in [-0.05, 0) is 55.0 Å². The largest absolute Gasteiger partial charge is 0.279 e. The summed E-state index contributed by atoms with van der Waals surface area (Å²) >= 11 is 0. The van der Waals surface area contributed by atoms with Crippen LogP contribution >= 0.6 is 0 Å². The molecular weight excluding hydrogens is 294 g/mol. The van der Waals surface area contributed by atoms with Crippen LogP contribution in [0.25, 0.3) is 0 Å². The van der Waals surface area contributed by atoms with Gasteiger partial charge in [-0.2, -0.15) is 0 Å². The lowest BCUT2D eigenvalue weighted by molar-refractivity contribution is 0.600. The Morgan fingerprint density at radius 3 is 2.45 bits per heavy atom. The molecule has 0 amide bonds. The highest BCUT2D eigenvalue weighted by molar-refractivity contribution is 7.92. The van der Waals surface area contributed by atoms with Crippen LogP contribution < -0.4 is 4.72 Å². The molecule has 0 aliphatic heterocycles. The van der Waals surface area contributed by atoms with E-state index in [4.69, 9.17) is 0 Å². The molecule has 0 bridgehead atoms. The number of benzene rings is 2. The summed E-state index contributed by atoms with van der Waals surface area (Å²) in [5, 5.41) is 0. The van der Waals surface area contributed by atoms with Crippen molar-refractivity contribution >= 4 is 15.7 Å². The van der Waals surface area contributed by atoms with Crippen LogP contribution in [-0.4, -0.2) is 8.42 Å². The van der Waals surface area contributed by atoms with Crippen molar-refractivity contribution in [2.24, 2.45) is 0 Å². The molecular formula is C18H23NO2S. The molecule has 2 aromatic rings.